The lowest BCUT2D eigenvalue weighted by molar-refractivity contribution is -1.01. The number of unbranched alkanes of at least 4 members (excludes halogenated alkanes) is 7. The summed E-state index contributed by atoms with van der Waals surface area (Å²) in [6.07, 6.45) is 18.2. The topological polar surface area (TPSA) is 156 Å². The Morgan fingerprint density at radius 2 is 1.63 bits per heavy atom. The van der Waals surface area contributed by atoms with E-state index >= 15 is 0 Å². The van der Waals surface area contributed by atoms with E-state index in [9.17, 15) is 30.2 Å². The third-order valence-electron chi connectivity index (χ3n) is 10.9. The molecule has 0 heterocycles. The minimum absolute atomic E-state index is 0.0296. The standard InChI is InChI=1S/C42H71N2O8/c1-5-8-10-20-30-41(47)33-42(48,29-9-6-2)40(37(41)24-17-11-12-18-25-38(45)43-7-3)34(4)32-36(28-27-35-22-15-13-16-23-35)52-39(46)26-19-14-21-31-51-44(49)50/h11,13,15-17,22-23,34,36-37,40,44,47-48H,5-10,12,14,18-21,24-33H2,1-4H3,(H,43,45)/q-1/b17-11-/t34?,36-,37+,40+,41-,42+/m0/s1. The van der Waals surface area contributed by atoms with Crippen molar-refractivity contribution in [2.24, 2.45) is 17.8 Å². The third kappa shape index (κ3) is 17.2. The molecule has 2 rings (SSSR count). The molecule has 0 aliphatic heterocycles. The fraction of sp³-hybridized carbons (Fsp3) is 0.762. The van der Waals surface area contributed by atoms with E-state index < -0.39 is 16.6 Å². The summed E-state index contributed by atoms with van der Waals surface area (Å²) in [5, 5.41) is 47.3. The Bertz CT molecular complexity index is 1130. The van der Waals surface area contributed by atoms with Crippen LogP contribution in [0.25, 0.3) is 0 Å². The normalized spacial score (nSPS) is 22.9. The molecule has 1 aromatic carbocycles. The monoisotopic (exact) mass is 732 g/mol. The molecule has 0 aromatic heterocycles. The zero-order chi connectivity index (χ0) is 38.2. The van der Waals surface area contributed by atoms with Crippen LogP contribution in [0.4, 0.5) is 0 Å². The van der Waals surface area contributed by atoms with E-state index in [0.717, 1.165) is 57.8 Å². The second kappa shape index (κ2) is 25.6. The molecule has 0 spiro atoms. The predicted molar refractivity (Wildman–Crippen MR) is 207 cm³/mol. The van der Waals surface area contributed by atoms with Gasteiger partial charge in [-0.1, -0.05) is 108 Å². The number of benzene rings is 1. The summed E-state index contributed by atoms with van der Waals surface area (Å²) in [6, 6.07) is 10.2. The van der Waals surface area contributed by atoms with Gasteiger partial charge < -0.3 is 30.7 Å². The van der Waals surface area contributed by atoms with Crippen LogP contribution >= 0.6 is 0 Å². The molecule has 0 saturated heterocycles. The number of aliphatic hydroxyl groups is 2. The Kier molecular flexibility index (Phi) is 22.6. The van der Waals surface area contributed by atoms with Crippen LogP contribution in [0.3, 0.4) is 0 Å². The van der Waals surface area contributed by atoms with Gasteiger partial charge in [0, 0.05) is 25.8 Å². The summed E-state index contributed by atoms with van der Waals surface area (Å²) in [6.45, 7) is 9.07. The van der Waals surface area contributed by atoms with Gasteiger partial charge in [0.25, 0.3) is 0 Å². The van der Waals surface area contributed by atoms with Crippen molar-refractivity contribution < 1.29 is 34.8 Å². The van der Waals surface area contributed by atoms with Crippen LogP contribution in [-0.2, 0) is 25.6 Å². The summed E-state index contributed by atoms with van der Waals surface area (Å²) >= 11 is 0. The summed E-state index contributed by atoms with van der Waals surface area (Å²) < 4.78 is 6.17. The number of hydrogen-bond acceptors (Lipinski definition) is 8. The molecule has 1 amide bonds. The molecule has 4 N–H and O–H groups in total. The molecule has 52 heavy (non-hydrogen) atoms. The molecule has 0 bridgehead atoms. The van der Waals surface area contributed by atoms with Crippen molar-refractivity contribution in [3.63, 3.8) is 0 Å². The Balaban J connectivity index is 2.29. The summed E-state index contributed by atoms with van der Waals surface area (Å²) in [5.41, 5.74) is -0.870. The number of esters is 1. The molecule has 10 heteroatoms. The Morgan fingerprint density at radius 3 is 2.33 bits per heavy atom. The van der Waals surface area contributed by atoms with Gasteiger partial charge in [0.15, 0.2) is 0 Å². The van der Waals surface area contributed by atoms with Crippen molar-refractivity contribution in [2.75, 3.05) is 13.2 Å². The van der Waals surface area contributed by atoms with Crippen LogP contribution in [-0.4, -0.2) is 52.5 Å². The highest BCUT2D eigenvalue weighted by Crippen LogP contribution is 2.56. The molecular weight excluding hydrogens is 660 g/mol. The maximum atomic E-state index is 13.1. The van der Waals surface area contributed by atoms with E-state index in [1.165, 1.54) is 5.56 Å². The molecule has 1 aromatic rings. The Hall–Kier alpha value is -2.34. The lowest BCUT2D eigenvalue weighted by Crippen LogP contribution is -3.00. The van der Waals surface area contributed by atoms with Gasteiger partial charge in [0.2, 0.25) is 5.91 Å². The average molecular weight is 732 g/mol. The number of carbonyl (C=O) groups excluding carboxylic acids is 2. The van der Waals surface area contributed by atoms with Crippen molar-refractivity contribution in [3.05, 3.63) is 58.5 Å². The highest BCUT2D eigenvalue weighted by Gasteiger charge is 2.60. The zero-order valence-corrected chi connectivity index (χ0v) is 32.8. The summed E-state index contributed by atoms with van der Waals surface area (Å²) in [7, 11) is 0. The first-order valence-electron chi connectivity index (χ1n) is 20.4. The average Bonchev–Trinajstić information content (AvgIpc) is 3.33. The lowest BCUT2D eigenvalue weighted by Gasteiger charge is -2.39. The second-order valence-electron chi connectivity index (χ2n) is 15.2. The molecule has 10 nitrogen and oxygen atoms in total. The maximum Gasteiger partial charge on any atom is 0.306 e. The molecule has 6 atom stereocenters. The van der Waals surface area contributed by atoms with Crippen LogP contribution in [0.15, 0.2) is 42.5 Å². The number of quaternary nitrogens is 1. The first-order chi connectivity index (χ1) is 25.0. The van der Waals surface area contributed by atoms with Gasteiger partial charge in [-0.25, -0.2) is 4.84 Å². The van der Waals surface area contributed by atoms with Crippen molar-refractivity contribution in [2.45, 2.75) is 173 Å². The van der Waals surface area contributed by atoms with Crippen LogP contribution in [0, 0.1) is 28.2 Å². The fourth-order valence-corrected chi connectivity index (χ4v) is 8.38. The number of nitrogens with one attached hydrogen (secondary N) is 2. The largest absolute Gasteiger partial charge is 0.599 e. The van der Waals surface area contributed by atoms with Crippen molar-refractivity contribution >= 4 is 11.9 Å². The number of carbonyl (C=O) groups is 2. The SMILES string of the molecule is CCCCCC[C@]1(O)C[C@](O)(CCCC)[C@H](C(C)C[C@H](CCc2ccccc2)OC(=O)CCCCCO[NH+]([O-])[O-])[C@H]1C/C=C\CCCC(=O)NCC. The molecule has 1 saturated carbocycles. The fourth-order valence-electron chi connectivity index (χ4n) is 8.38. The van der Waals surface area contributed by atoms with Gasteiger partial charge in [0.05, 0.1) is 11.2 Å². The van der Waals surface area contributed by atoms with Crippen molar-refractivity contribution in [3.8, 4) is 0 Å². The van der Waals surface area contributed by atoms with E-state index in [1.54, 1.807) is 0 Å². The summed E-state index contributed by atoms with van der Waals surface area (Å²) in [5.74, 6) is -0.582. The van der Waals surface area contributed by atoms with E-state index in [4.69, 9.17) is 4.74 Å². The molecular formula is C42H71N2O8-. The second-order valence-corrected chi connectivity index (χ2v) is 15.2. The zero-order valence-electron chi connectivity index (χ0n) is 32.8. The molecule has 1 fully saturated rings. The highest BCUT2D eigenvalue weighted by atomic mass is 17.1. The van der Waals surface area contributed by atoms with Gasteiger partial charge in [-0.3, -0.25) is 15.0 Å². The number of ether oxygens (including phenoxy) is 1. The van der Waals surface area contributed by atoms with E-state index in [2.05, 4.69) is 55.2 Å². The van der Waals surface area contributed by atoms with Crippen LogP contribution < -0.4 is 10.7 Å². The number of rotatable bonds is 29. The van der Waals surface area contributed by atoms with Gasteiger partial charge in [-0.15, -0.1) is 0 Å². The Morgan fingerprint density at radius 1 is 0.923 bits per heavy atom. The van der Waals surface area contributed by atoms with E-state index in [0.29, 0.717) is 70.8 Å². The molecule has 0 radical (unpaired) electrons. The third-order valence-corrected chi connectivity index (χ3v) is 10.9. The molecule has 1 unspecified atom stereocenters. The van der Waals surface area contributed by atoms with E-state index in [1.807, 2.05) is 25.1 Å². The minimum Gasteiger partial charge on any atom is -0.599 e. The van der Waals surface area contributed by atoms with Gasteiger partial charge in [0.1, 0.15) is 12.7 Å². The Labute approximate surface area is 314 Å². The van der Waals surface area contributed by atoms with Crippen LogP contribution in [0.2, 0.25) is 0 Å². The maximum absolute atomic E-state index is 13.1. The first kappa shape index (κ1) is 45.8. The molecule has 298 valence electrons. The summed E-state index contributed by atoms with van der Waals surface area (Å²) in [4.78, 5) is 29.5. The van der Waals surface area contributed by atoms with Crippen LogP contribution in [0.1, 0.15) is 155 Å². The van der Waals surface area contributed by atoms with Gasteiger partial charge in [-0.05, 0) is 94.4 Å². The van der Waals surface area contributed by atoms with Crippen LogP contribution in [0.5, 0.6) is 0 Å². The number of amides is 1. The lowest BCUT2D eigenvalue weighted by atomic mass is 9.70. The number of aryl methyl sites for hydroxylation is 1. The van der Waals surface area contributed by atoms with Gasteiger partial charge in [-0.2, -0.15) is 0 Å². The minimum atomic E-state index is -1.54. The smallest absolute Gasteiger partial charge is 0.306 e. The predicted octanol–water partition coefficient (Wildman–Crippen LogP) is 7.44. The highest BCUT2D eigenvalue weighted by molar-refractivity contribution is 5.75. The van der Waals surface area contributed by atoms with Crippen molar-refractivity contribution in [1.29, 1.82) is 0 Å². The molecule has 1 aliphatic rings. The quantitative estimate of drug-likeness (QED) is 0.0287. The van der Waals surface area contributed by atoms with Crippen molar-refractivity contribution in [1.82, 2.24) is 5.32 Å². The number of hydrogen-bond donors (Lipinski definition) is 4. The van der Waals surface area contributed by atoms with Gasteiger partial charge >= 0.3 is 5.97 Å². The molecule has 1 aliphatic carbocycles. The van der Waals surface area contributed by atoms with E-state index in [-0.39, 0.29) is 48.8 Å². The number of allylic oxidation sites excluding steroid dienone is 2. The first-order valence-corrected chi connectivity index (χ1v) is 20.4.